The number of nitro groups is 1. The molecule has 0 radical (unpaired) electrons. The Balaban J connectivity index is 2.19. The van der Waals surface area contributed by atoms with Crippen LogP contribution in [0, 0.1) is 10.1 Å². The predicted molar refractivity (Wildman–Crippen MR) is 92.3 cm³/mol. The minimum absolute atomic E-state index is 0.130. The Kier molecular flexibility index (Phi) is 6.45. The summed E-state index contributed by atoms with van der Waals surface area (Å²) >= 11 is 0. The average Bonchev–Trinajstić information content (AvgIpc) is 2.63. The third kappa shape index (κ3) is 4.90. The third-order valence-corrected chi connectivity index (χ3v) is 3.41. The molecule has 0 aliphatic carbocycles. The number of ether oxygens (including phenoxy) is 3. The number of benzene rings is 1. The van der Waals surface area contributed by atoms with Gasteiger partial charge in [0.25, 0.3) is 5.69 Å². The number of esters is 1. The SMILES string of the molecule is CCOc1cc(CC(N)C(=O)OC)ccc1Oc1ccc([N+](=O)[O-])cn1. The van der Waals surface area contributed by atoms with Gasteiger partial charge in [0.15, 0.2) is 11.5 Å². The molecule has 9 heteroatoms. The number of nitrogens with two attached hydrogens (primary N) is 1. The van der Waals surface area contributed by atoms with Crippen molar-refractivity contribution in [3.8, 4) is 17.4 Å². The molecule has 0 amide bonds. The molecule has 0 spiro atoms. The lowest BCUT2D eigenvalue weighted by molar-refractivity contribution is -0.385. The number of hydrogen-bond acceptors (Lipinski definition) is 8. The van der Waals surface area contributed by atoms with Crippen LogP contribution in [0.3, 0.4) is 0 Å². The second-order valence-electron chi connectivity index (χ2n) is 5.26. The maximum atomic E-state index is 11.5. The molecule has 1 aromatic carbocycles. The molecule has 0 aliphatic heterocycles. The molecule has 2 aromatic rings. The molecule has 1 unspecified atom stereocenters. The monoisotopic (exact) mass is 361 g/mol. The molecule has 138 valence electrons. The van der Waals surface area contributed by atoms with Gasteiger partial charge in [-0.15, -0.1) is 0 Å². The van der Waals surface area contributed by atoms with Crippen molar-refractivity contribution in [3.05, 3.63) is 52.2 Å². The number of hydrogen-bond donors (Lipinski definition) is 1. The highest BCUT2D eigenvalue weighted by Crippen LogP contribution is 2.32. The molecule has 0 fully saturated rings. The van der Waals surface area contributed by atoms with Gasteiger partial charge in [-0.25, -0.2) is 4.98 Å². The first-order valence-corrected chi connectivity index (χ1v) is 7.82. The number of methoxy groups -OCH3 is 1. The van der Waals surface area contributed by atoms with Crippen LogP contribution in [-0.2, 0) is 16.0 Å². The third-order valence-electron chi connectivity index (χ3n) is 3.41. The van der Waals surface area contributed by atoms with Gasteiger partial charge in [-0.2, -0.15) is 0 Å². The lowest BCUT2D eigenvalue weighted by atomic mass is 10.1. The van der Waals surface area contributed by atoms with Gasteiger partial charge in [0.1, 0.15) is 12.2 Å². The maximum absolute atomic E-state index is 11.5. The van der Waals surface area contributed by atoms with Gasteiger partial charge in [-0.1, -0.05) is 6.07 Å². The van der Waals surface area contributed by atoms with Gasteiger partial charge < -0.3 is 19.9 Å². The molecule has 26 heavy (non-hydrogen) atoms. The van der Waals surface area contributed by atoms with Gasteiger partial charge >= 0.3 is 5.97 Å². The van der Waals surface area contributed by atoms with E-state index in [1.807, 2.05) is 6.92 Å². The van der Waals surface area contributed by atoms with Crippen LogP contribution >= 0.6 is 0 Å². The van der Waals surface area contributed by atoms with E-state index in [0.29, 0.717) is 18.1 Å². The summed E-state index contributed by atoms with van der Waals surface area (Å²) in [6.45, 7) is 2.22. The Morgan fingerprint density at radius 1 is 1.31 bits per heavy atom. The topological polar surface area (TPSA) is 127 Å². The summed E-state index contributed by atoms with van der Waals surface area (Å²) in [6.07, 6.45) is 1.39. The van der Waals surface area contributed by atoms with Crippen molar-refractivity contribution in [1.29, 1.82) is 0 Å². The summed E-state index contributed by atoms with van der Waals surface area (Å²) in [6, 6.07) is 7.03. The van der Waals surface area contributed by atoms with E-state index in [4.69, 9.17) is 15.2 Å². The Morgan fingerprint density at radius 2 is 2.08 bits per heavy atom. The van der Waals surface area contributed by atoms with Crippen molar-refractivity contribution >= 4 is 11.7 Å². The van der Waals surface area contributed by atoms with Crippen LogP contribution in [0.2, 0.25) is 0 Å². The normalized spacial score (nSPS) is 11.5. The van der Waals surface area contributed by atoms with Crippen LogP contribution in [0.1, 0.15) is 12.5 Å². The molecule has 2 rings (SSSR count). The smallest absolute Gasteiger partial charge is 0.322 e. The van der Waals surface area contributed by atoms with Crippen molar-refractivity contribution in [1.82, 2.24) is 4.98 Å². The Morgan fingerprint density at radius 3 is 2.65 bits per heavy atom. The van der Waals surface area contributed by atoms with Crippen LogP contribution in [0.15, 0.2) is 36.5 Å². The number of pyridine rings is 1. The van der Waals surface area contributed by atoms with Crippen molar-refractivity contribution in [2.45, 2.75) is 19.4 Å². The quantitative estimate of drug-likeness (QED) is 0.431. The molecular formula is C17H19N3O6. The highest BCUT2D eigenvalue weighted by atomic mass is 16.6. The first-order valence-electron chi connectivity index (χ1n) is 7.82. The van der Waals surface area contributed by atoms with Crippen LogP contribution in [0.5, 0.6) is 17.4 Å². The number of rotatable bonds is 8. The van der Waals surface area contributed by atoms with E-state index in [1.54, 1.807) is 18.2 Å². The first kappa shape index (κ1) is 19.1. The van der Waals surface area contributed by atoms with E-state index in [0.717, 1.165) is 11.8 Å². The zero-order valence-corrected chi connectivity index (χ0v) is 14.4. The van der Waals surface area contributed by atoms with E-state index >= 15 is 0 Å². The molecular weight excluding hydrogens is 342 g/mol. The number of aromatic nitrogens is 1. The van der Waals surface area contributed by atoms with E-state index < -0.39 is 16.9 Å². The zero-order valence-electron chi connectivity index (χ0n) is 14.4. The number of nitrogens with zero attached hydrogens (tertiary/aromatic N) is 2. The fourth-order valence-corrected chi connectivity index (χ4v) is 2.17. The van der Waals surface area contributed by atoms with Crippen molar-refractivity contribution in [2.75, 3.05) is 13.7 Å². The minimum atomic E-state index is -0.780. The van der Waals surface area contributed by atoms with E-state index in [9.17, 15) is 14.9 Å². The largest absolute Gasteiger partial charge is 0.490 e. The summed E-state index contributed by atoms with van der Waals surface area (Å²) in [7, 11) is 1.28. The number of carbonyl (C=O) groups is 1. The molecule has 0 saturated carbocycles. The molecule has 9 nitrogen and oxygen atoms in total. The Hall–Kier alpha value is -3.20. The lowest BCUT2D eigenvalue weighted by Gasteiger charge is -2.14. The highest BCUT2D eigenvalue weighted by molar-refractivity contribution is 5.75. The Bertz CT molecular complexity index is 779. The summed E-state index contributed by atoms with van der Waals surface area (Å²) in [5.41, 5.74) is 6.42. The summed E-state index contributed by atoms with van der Waals surface area (Å²) in [5, 5.41) is 10.7. The average molecular weight is 361 g/mol. The second kappa shape index (κ2) is 8.77. The fourth-order valence-electron chi connectivity index (χ4n) is 2.17. The van der Waals surface area contributed by atoms with E-state index in [2.05, 4.69) is 9.72 Å². The maximum Gasteiger partial charge on any atom is 0.322 e. The van der Waals surface area contributed by atoms with Crippen LogP contribution in [0.25, 0.3) is 0 Å². The van der Waals surface area contributed by atoms with Crippen molar-refractivity contribution < 1.29 is 23.9 Å². The first-order chi connectivity index (χ1) is 12.4. The lowest BCUT2D eigenvalue weighted by Crippen LogP contribution is -2.33. The molecule has 1 heterocycles. The van der Waals surface area contributed by atoms with Crippen LogP contribution in [-0.4, -0.2) is 35.6 Å². The molecule has 2 N–H and O–H groups in total. The highest BCUT2D eigenvalue weighted by Gasteiger charge is 2.16. The molecule has 1 atom stereocenters. The molecule has 0 saturated heterocycles. The van der Waals surface area contributed by atoms with Gasteiger partial charge in [0.05, 0.1) is 18.6 Å². The summed E-state index contributed by atoms with van der Waals surface area (Å²) < 4.78 is 15.8. The second-order valence-corrected chi connectivity index (χ2v) is 5.26. The zero-order chi connectivity index (χ0) is 19.1. The van der Waals surface area contributed by atoms with E-state index in [-0.39, 0.29) is 18.0 Å². The van der Waals surface area contributed by atoms with Gasteiger partial charge in [0.2, 0.25) is 5.88 Å². The van der Waals surface area contributed by atoms with Gasteiger partial charge in [-0.3, -0.25) is 14.9 Å². The van der Waals surface area contributed by atoms with Crippen molar-refractivity contribution in [2.24, 2.45) is 5.73 Å². The fraction of sp³-hybridized carbons (Fsp3) is 0.294. The van der Waals surface area contributed by atoms with Gasteiger partial charge in [-0.05, 0) is 31.0 Å². The predicted octanol–water partition coefficient (Wildman–Crippen LogP) is 2.22. The molecule has 0 aliphatic rings. The summed E-state index contributed by atoms with van der Waals surface area (Å²) in [4.78, 5) is 25.5. The minimum Gasteiger partial charge on any atom is -0.490 e. The number of carbonyl (C=O) groups excluding carboxylic acids is 1. The standard InChI is InChI=1S/C17H19N3O6/c1-3-25-15-9-11(8-13(18)17(21)24-2)4-6-14(15)26-16-7-5-12(10-19-16)20(22)23/h4-7,9-10,13H,3,8,18H2,1-2H3. The summed E-state index contributed by atoms with van der Waals surface area (Å²) in [5.74, 6) is 0.528. The van der Waals surface area contributed by atoms with Crippen LogP contribution < -0.4 is 15.2 Å². The van der Waals surface area contributed by atoms with Gasteiger partial charge in [0, 0.05) is 12.1 Å². The van der Waals surface area contributed by atoms with Crippen molar-refractivity contribution in [3.63, 3.8) is 0 Å². The molecule has 1 aromatic heterocycles. The molecule has 0 bridgehead atoms. The van der Waals surface area contributed by atoms with E-state index in [1.165, 1.54) is 19.2 Å². The van der Waals surface area contributed by atoms with Crippen LogP contribution in [0.4, 0.5) is 5.69 Å². The Labute approximate surface area is 149 Å².